The number of carbonyl (C=O) groups excluding carboxylic acids is 1. The van der Waals surface area contributed by atoms with E-state index in [1.165, 1.54) is 30.3 Å². The van der Waals surface area contributed by atoms with Gasteiger partial charge in [0.2, 0.25) is 0 Å². The average Bonchev–Trinajstić information content (AvgIpc) is 2.94. The van der Waals surface area contributed by atoms with Gasteiger partial charge >= 0.3 is 5.97 Å². The van der Waals surface area contributed by atoms with Gasteiger partial charge in [0.1, 0.15) is 10.8 Å². The van der Waals surface area contributed by atoms with Crippen molar-refractivity contribution in [2.45, 2.75) is 18.7 Å². The minimum atomic E-state index is -4.01. The van der Waals surface area contributed by atoms with Crippen molar-refractivity contribution in [1.29, 1.82) is 0 Å². The lowest BCUT2D eigenvalue weighted by atomic mass is 10.2. The number of nitrogens with zero attached hydrogens (tertiary/aromatic N) is 2. The monoisotopic (exact) mass is 378 g/mol. The summed E-state index contributed by atoms with van der Waals surface area (Å²) in [4.78, 5) is 16.4. The number of esters is 1. The molecule has 8 heteroatoms. The lowest BCUT2D eigenvalue weighted by molar-refractivity contribution is 0.0518. The Balaban J connectivity index is 2.31. The summed E-state index contributed by atoms with van der Waals surface area (Å²) in [5.74, 6) is -0.743. The lowest BCUT2D eigenvalue weighted by Crippen LogP contribution is -2.19. The topological polar surface area (TPSA) is 78.3 Å². The van der Waals surface area contributed by atoms with Gasteiger partial charge in [0.05, 0.1) is 22.5 Å². The third kappa shape index (κ3) is 3.12. The van der Waals surface area contributed by atoms with Crippen LogP contribution in [0.25, 0.3) is 11.0 Å². The Bertz CT molecular complexity index is 1060. The summed E-state index contributed by atoms with van der Waals surface area (Å²) < 4.78 is 32.2. The van der Waals surface area contributed by atoms with E-state index in [0.29, 0.717) is 5.52 Å². The fourth-order valence-electron chi connectivity index (χ4n) is 2.46. The van der Waals surface area contributed by atoms with Gasteiger partial charge in [-0.3, -0.25) is 0 Å². The minimum absolute atomic E-state index is 0.0658. The van der Waals surface area contributed by atoms with Crippen LogP contribution in [-0.2, 0) is 14.8 Å². The molecule has 3 rings (SSSR count). The molecule has 0 fully saturated rings. The van der Waals surface area contributed by atoms with Crippen molar-refractivity contribution in [3.8, 4) is 0 Å². The highest BCUT2D eigenvalue weighted by Gasteiger charge is 2.27. The van der Waals surface area contributed by atoms with Crippen LogP contribution in [0.5, 0.6) is 0 Å². The Labute approximate surface area is 150 Å². The SMILES string of the molecule is CCOC(=O)c1cc2nc(Cl)ccc2n1S(=O)(=O)c1ccc(C)cc1. The van der Waals surface area contributed by atoms with Gasteiger partial charge in [0, 0.05) is 0 Å². The average molecular weight is 379 g/mol. The molecule has 0 aliphatic heterocycles. The standard InChI is InChI=1S/C17H15ClN2O4S/c1-3-24-17(21)15-10-13-14(8-9-16(18)19-13)20(15)25(22,23)12-6-4-11(2)5-7-12/h4-10H,3H2,1-2H3. The first-order valence-electron chi connectivity index (χ1n) is 7.52. The van der Waals surface area contributed by atoms with Crippen LogP contribution in [0.15, 0.2) is 47.4 Å². The number of pyridine rings is 1. The molecule has 1 aromatic carbocycles. The van der Waals surface area contributed by atoms with Gasteiger partial charge in [-0.2, -0.15) is 0 Å². The first-order chi connectivity index (χ1) is 11.8. The summed E-state index contributed by atoms with van der Waals surface area (Å²) in [7, 11) is -4.01. The number of halogens is 1. The molecule has 0 spiro atoms. The van der Waals surface area contributed by atoms with Gasteiger partial charge in [0.15, 0.2) is 0 Å². The van der Waals surface area contributed by atoms with E-state index >= 15 is 0 Å². The highest BCUT2D eigenvalue weighted by Crippen LogP contribution is 2.26. The second-order valence-corrected chi connectivity index (χ2v) is 7.54. The van der Waals surface area contributed by atoms with Gasteiger partial charge in [0.25, 0.3) is 10.0 Å². The number of fused-ring (bicyclic) bond motifs is 1. The van der Waals surface area contributed by atoms with Crippen molar-refractivity contribution in [2.75, 3.05) is 6.61 Å². The van der Waals surface area contributed by atoms with Crippen LogP contribution in [0.1, 0.15) is 23.0 Å². The van der Waals surface area contributed by atoms with Gasteiger partial charge in [-0.25, -0.2) is 22.2 Å². The van der Waals surface area contributed by atoms with Gasteiger partial charge in [-0.05, 0) is 44.2 Å². The van der Waals surface area contributed by atoms with E-state index in [9.17, 15) is 13.2 Å². The van der Waals surface area contributed by atoms with E-state index < -0.39 is 16.0 Å². The summed E-state index contributed by atoms with van der Waals surface area (Å²) in [6.45, 7) is 3.63. The largest absolute Gasteiger partial charge is 0.461 e. The van der Waals surface area contributed by atoms with Crippen molar-refractivity contribution in [3.63, 3.8) is 0 Å². The zero-order valence-electron chi connectivity index (χ0n) is 13.6. The number of aromatic nitrogens is 2. The van der Waals surface area contributed by atoms with E-state index in [1.54, 1.807) is 19.1 Å². The molecule has 0 bridgehead atoms. The molecule has 0 saturated carbocycles. The Morgan fingerprint density at radius 3 is 2.52 bits per heavy atom. The molecular formula is C17H15ClN2O4S. The third-order valence-corrected chi connectivity index (χ3v) is 5.58. The molecule has 0 aliphatic rings. The third-order valence-electron chi connectivity index (χ3n) is 3.62. The highest BCUT2D eigenvalue weighted by atomic mass is 35.5. The van der Waals surface area contributed by atoms with Gasteiger partial charge < -0.3 is 4.74 Å². The summed E-state index contributed by atoms with van der Waals surface area (Å²) in [6.07, 6.45) is 0. The first-order valence-corrected chi connectivity index (χ1v) is 9.33. The molecule has 25 heavy (non-hydrogen) atoms. The molecule has 0 amide bonds. The van der Waals surface area contributed by atoms with Crippen molar-refractivity contribution >= 4 is 38.6 Å². The Hall–Kier alpha value is -2.38. The molecule has 0 aliphatic carbocycles. The Kier molecular flexibility index (Phi) is 4.53. The van der Waals surface area contributed by atoms with Crippen molar-refractivity contribution in [2.24, 2.45) is 0 Å². The van der Waals surface area contributed by atoms with Crippen LogP contribution in [0.3, 0.4) is 0 Å². The van der Waals surface area contributed by atoms with Crippen LogP contribution < -0.4 is 0 Å². The zero-order valence-corrected chi connectivity index (χ0v) is 15.1. The quantitative estimate of drug-likeness (QED) is 0.513. The number of rotatable bonds is 4. The van der Waals surface area contributed by atoms with E-state index in [-0.39, 0.29) is 27.9 Å². The predicted molar refractivity (Wildman–Crippen MR) is 94.5 cm³/mol. The van der Waals surface area contributed by atoms with E-state index in [0.717, 1.165) is 9.54 Å². The Morgan fingerprint density at radius 2 is 1.88 bits per heavy atom. The maximum atomic E-state index is 13.1. The Morgan fingerprint density at radius 1 is 1.20 bits per heavy atom. The van der Waals surface area contributed by atoms with Crippen LogP contribution in [0.2, 0.25) is 5.15 Å². The molecule has 0 unspecified atom stereocenters. The number of hydrogen-bond donors (Lipinski definition) is 0. The molecule has 6 nitrogen and oxygen atoms in total. The molecule has 0 radical (unpaired) electrons. The summed E-state index contributed by atoms with van der Waals surface area (Å²) in [5, 5.41) is 0.202. The molecule has 0 saturated heterocycles. The maximum absolute atomic E-state index is 13.1. The minimum Gasteiger partial charge on any atom is -0.461 e. The maximum Gasteiger partial charge on any atom is 0.356 e. The smallest absolute Gasteiger partial charge is 0.356 e. The van der Waals surface area contributed by atoms with E-state index in [1.807, 2.05) is 6.92 Å². The normalized spacial score (nSPS) is 11.6. The summed E-state index contributed by atoms with van der Waals surface area (Å²) in [5.41, 5.74) is 1.36. The molecular weight excluding hydrogens is 364 g/mol. The van der Waals surface area contributed by atoms with Crippen LogP contribution in [0, 0.1) is 6.92 Å². The second-order valence-electron chi connectivity index (χ2n) is 5.37. The number of aryl methyl sites for hydroxylation is 1. The molecule has 3 aromatic rings. The van der Waals surface area contributed by atoms with Gasteiger partial charge in [-0.1, -0.05) is 29.3 Å². The highest BCUT2D eigenvalue weighted by molar-refractivity contribution is 7.90. The van der Waals surface area contributed by atoms with E-state index in [2.05, 4.69) is 4.98 Å². The number of hydrogen-bond acceptors (Lipinski definition) is 5. The summed E-state index contributed by atoms with van der Waals surface area (Å²) in [6, 6.07) is 10.7. The molecule has 2 aromatic heterocycles. The zero-order chi connectivity index (χ0) is 18.2. The van der Waals surface area contributed by atoms with Crippen LogP contribution >= 0.6 is 11.6 Å². The predicted octanol–water partition coefficient (Wildman–Crippen LogP) is 3.41. The molecule has 130 valence electrons. The van der Waals surface area contributed by atoms with Crippen molar-refractivity contribution < 1.29 is 17.9 Å². The van der Waals surface area contributed by atoms with Crippen molar-refractivity contribution in [1.82, 2.24) is 8.96 Å². The van der Waals surface area contributed by atoms with Gasteiger partial charge in [-0.15, -0.1) is 0 Å². The molecule has 0 N–H and O–H groups in total. The number of ether oxygens (including phenoxy) is 1. The molecule has 2 heterocycles. The van der Waals surface area contributed by atoms with E-state index in [4.69, 9.17) is 16.3 Å². The number of carbonyl (C=O) groups is 1. The lowest BCUT2D eigenvalue weighted by Gasteiger charge is -2.11. The fraction of sp³-hybridized carbons (Fsp3) is 0.176. The van der Waals surface area contributed by atoms with Crippen molar-refractivity contribution in [3.05, 3.63) is 58.9 Å². The first kappa shape index (κ1) is 17.4. The fourth-order valence-corrected chi connectivity index (χ4v) is 4.10. The second kappa shape index (κ2) is 6.50. The molecule has 0 atom stereocenters. The summed E-state index contributed by atoms with van der Waals surface area (Å²) >= 11 is 5.88. The van der Waals surface area contributed by atoms with Crippen LogP contribution in [-0.4, -0.2) is 30.0 Å². The number of benzene rings is 1. The van der Waals surface area contributed by atoms with Crippen LogP contribution in [0.4, 0.5) is 0 Å².